The van der Waals surface area contributed by atoms with Gasteiger partial charge in [-0.1, -0.05) is 18.2 Å². The van der Waals surface area contributed by atoms with E-state index >= 15 is 0 Å². The monoisotopic (exact) mass is 356 g/mol. The largest absolute Gasteiger partial charge is 0.496 e. The Kier molecular flexibility index (Phi) is 6.32. The van der Waals surface area contributed by atoms with Gasteiger partial charge in [0.1, 0.15) is 5.75 Å². The van der Waals surface area contributed by atoms with Crippen LogP contribution in [0.15, 0.2) is 48.5 Å². The molecule has 0 unspecified atom stereocenters. The van der Waals surface area contributed by atoms with Gasteiger partial charge in [0.15, 0.2) is 6.10 Å². The van der Waals surface area contributed by atoms with E-state index in [0.717, 1.165) is 0 Å². The van der Waals surface area contributed by atoms with E-state index in [2.05, 4.69) is 5.32 Å². The molecule has 0 aliphatic rings. The predicted octanol–water partition coefficient (Wildman–Crippen LogP) is 1.91. The van der Waals surface area contributed by atoms with Gasteiger partial charge in [0.25, 0.3) is 5.91 Å². The van der Waals surface area contributed by atoms with E-state index in [-0.39, 0.29) is 6.42 Å². The van der Waals surface area contributed by atoms with Crippen molar-refractivity contribution >= 4 is 23.5 Å². The number of anilines is 1. The third-order valence-electron chi connectivity index (χ3n) is 3.64. The van der Waals surface area contributed by atoms with Crippen LogP contribution in [0.4, 0.5) is 5.69 Å². The Morgan fingerprint density at radius 1 is 1.08 bits per heavy atom. The van der Waals surface area contributed by atoms with Crippen molar-refractivity contribution in [1.29, 1.82) is 0 Å². The van der Waals surface area contributed by atoms with Crippen LogP contribution in [0.1, 0.15) is 22.8 Å². The molecule has 0 saturated carbocycles. The van der Waals surface area contributed by atoms with Crippen LogP contribution in [0, 0.1) is 0 Å². The number of nitrogens with one attached hydrogen (secondary N) is 1. The SMILES string of the molecule is COc1ccccc1CC(=O)O[C@@H](C)C(=O)Nc1ccc(C(N)=O)cc1. The van der Waals surface area contributed by atoms with Crippen molar-refractivity contribution < 1.29 is 23.9 Å². The molecule has 2 rings (SSSR count). The number of ether oxygens (including phenoxy) is 2. The Morgan fingerprint density at radius 2 is 1.73 bits per heavy atom. The minimum Gasteiger partial charge on any atom is -0.496 e. The summed E-state index contributed by atoms with van der Waals surface area (Å²) in [6, 6.07) is 13.2. The average molecular weight is 356 g/mol. The number of nitrogens with two attached hydrogens (primary N) is 1. The lowest BCUT2D eigenvalue weighted by molar-refractivity contribution is -0.152. The average Bonchev–Trinajstić information content (AvgIpc) is 2.62. The number of hydrogen-bond donors (Lipinski definition) is 2. The number of benzene rings is 2. The summed E-state index contributed by atoms with van der Waals surface area (Å²) >= 11 is 0. The van der Waals surface area contributed by atoms with Crippen LogP contribution < -0.4 is 15.8 Å². The Labute approximate surface area is 151 Å². The molecule has 1 atom stereocenters. The first-order valence-corrected chi connectivity index (χ1v) is 7.93. The first kappa shape index (κ1) is 19.0. The lowest BCUT2D eigenvalue weighted by atomic mass is 10.1. The van der Waals surface area contributed by atoms with E-state index in [1.54, 1.807) is 36.4 Å². The molecule has 0 aromatic heterocycles. The lowest BCUT2D eigenvalue weighted by Crippen LogP contribution is -2.30. The molecule has 0 heterocycles. The van der Waals surface area contributed by atoms with Crippen molar-refractivity contribution in [3.05, 3.63) is 59.7 Å². The summed E-state index contributed by atoms with van der Waals surface area (Å²) in [4.78, 5) is 35.2. The highest BCUT2D eigenvalue weighted by Crippen LogP contribution is 2.18. The van der Waals surface area contributed by atoms with Gasteiger partial charge in [-0.2, -0.15) is 0 Å². The van der Waals surface area contributed by atoms with Gasteiger partial charge in [-0.15, -0.1) is 0 Å². The molecule has 7 nitrogen and oxygen atoms in total. The van der Waals surface area contributed by atoms with Crippen LogP contribution in [0.25, 0.3) is 0 Å². The van der Waals surface area contributed by atoms with E-state index in [1.807, 2.05) is 0 Å². The van der Waals surface area contributed by atoms with Crippen molar-refractivity contribution in [2.24, 2.45) is 5.73 Å². The maximum absolute atomic E-state index is 12.1. The molecule has 2 amide bonds. The number of rotatable bonds is 7. The summed E-state index contributed by atoms with van der Waals surface area (Å²) in [5.74, 6) is -0.996. The highest BCUT2D eigenvalue weighted by Gasteiger charge is 2.19. The topological polar surface area (TPSA) is 108 Å². The minimum absolute atomic E-state index is 0.00502. The van der Waals surface area contributed by atoms with Gasteiger partial charge in [0, 0.05) is 16.8 Å². The van der Waals surface area contributed by atoms with Gasteiger partial charge in [-0.05, 0) is 37.3 Å². The van der Waals surface area contributed by atoms with Gasteiger partial charge in [-0.3, -0.25) is 14.4 Å². The van der Waals surface area contributed by atoms with Gasteiger partial charge < -0.3 is 20.5 Å². The number of esters is 1. The van der Waals surface area contributed by atoms with E-state index < -0.39 is 23.9 Å². The minimum atomic E-state index is -0.979. The molecule has 0 aliphatic heterocycles. The second-order valence-electron chi connectivity index (χ2n) is 5.55. The molecule has 0 radical (unpaired) electrons. The number of primary amides is 1. The van der Waals surface area contributed by atoms with E-state index in [0.29, 0.717) is 22.6 Å². The van der Waals surface area contributed by atoms with Gasteiger partial charge in [0.2, 0.25) is 5.91 Å². The number of carbonyl (C=O) groups excluding carboxylic acids is 3. The molecular formula is C19H20N2O5. The predicted molar refractivity (Wildman–Crippen MR) is 95.8 cm³/mol. The molecule has 0 bridgehead atoms. The molecule has 0 spiro atoms. The smallest absolute Gasteiger partial charge is 0.311 e. The second kappa shape index (κ2) is 8.66. The molecule has 3 N–H and O–H groups in total. The zero-order valence-electron chi connectivity index (χ0n) is 14.5. The van der Waals surface area contributed by atoms with Crippen molar-refractivity contribution in [3.63, 3.8) is 0 Å². The van der Waals surface area contributed by atoms with Gasteiger partial charge in [0.05, 0.1) is 13.5 Å². The summed E-state index contributed by atoms with van der Waals surface area (Å²) in [7, 11) is 1.52. The molecule has 0 aliphatic carbocycles. The quantitative estimate of drug-likeness (QED) is 0.737. The van der Waals surface area contributed by atoms with Gasteiger partial charge in [-0.25, -0.2) is 0 Å². The molecule has 0 saturated heterocycles. The third kappa shape index (κ3) is 5.07. The normalized spacial score (nSPS) is 11.3. The molecular weight excluding hydrogens is 336 g/mol. The first-order chi connectivity index (χ1) is 12.4. The maximum atomic E-state index is 12.1. The van der Waals surface area contributed by atoms with Crippen molar-refractivity contribution in [3.8, 4) is 5.75 Å². The fourth-order valence-electron chi connectivity index (χ4n) is 2.26. The fourth-order valence-corrected chi connectivity index (χ4v) is 2.26. The Hall–Kier alpha value is -3.35. The van der Waals surface area contributed by atoms with E-state index in [9.17, 15) is 14.4 Å². The molecule has 2 aromatic rings. The van der Waals surface area contributed by atoms with Crippen molar-refractivity contribution in [2.45, 2.75) is 19.4 Å². The van der Waals surface area contributed by atoms with Crippen molar-refractivity contribution in [1.82, 2.24) is 0 Å². The molecule has 7 heteroatoms. The molecule has 2 aromatic carbocycles. The Bertz CT molecular complexity index is 802. The molecule has 26 heavy (non-hydrogen) atoms. The van der Waals surface area contributed by atoms with E-state index in [4.69, 9.17) is 15.2 Å². The Morgan fingerprint density at radius 3 is 2.35 bits per heavy atom. The number of methoxy groups -OCH3 is 1. The lowest BCUT2D eigenvalue weighted by Gasteiger charge is -2.14. The Balaban J connectivity index is 1.91. The summed E-state index contributed by atoms with van der Waals surface area (Å²) in [6.07, 6.45) is -0.984. The van der Waals surface area contributed by atoms with Crippen LogP contribution >= 0.6 is 0 Å². The highest BCUT2D eigenvalue weighted by molar-refractivity contribution is 5.96. The summed E-state index contributed by atoms with van der Waals surface area (Å²) in [5.41, 5.74) is 6.63. The van der Waals surface area contributed by atoms with Crippen LogP contribution in [0.5, 0.6) is 5.75 Å². The molecule has 136 valence electrons. The van der Waals surface area contributed by atoms with Gasteiger partial charge >= 0.3 is 5.97 Å². The summed E-state index contributed by atoms with van der Waals surface area (Å²) in [6.45, 7) is 1.48. The van der Waals surface area contributed by atoms with Crippen LogP contribution in [0.2, 0.25) is 0 Å². The zero-order valence-corrected chi connectivity index (χ0v) is 14.5. The summed E-state index contributed by atoms with van der Waals surface area (Å²) < 4.78 is 10.4. The van der Waals surface area contributed by atoms with Crippen molar-refractivity contribution in [2.75, 3.05) is 12.4 Å². The molecule has 0 fully saturated rings. The number of para-hydroxylation sites is 1. The van der Waals surface area contributed by atoms with Crippen LogP contribution in [0.3, 0.4) is 0 Å². The third-order valence-corrected chi connectivity index (χ3v) is 3.64. The number of carbonyl (C=O) groups is 3. The number of hydrogen-bond acceptors (Lipinski definition) is 5. The van der Waals surface area contributed by atoms with Crippen LogP contribution in [-0.4, -0.2) is 31.0 Å². The fraction of sp³-hybridized carbons (Fsp3) is 0.211. The highest BCUT2D eigenvalue weighted by atomic mass is 16.5. The first-order valence-electron chi connectivity index (χ1n) is 7.93. The zero-order chi connectivity index (χ0) is 19.1. The van der Waals surface area contributed by atoms with E-state index in [1.165, 1.54) is 26.2 Å². The maximum Gasteiger partial charge on any atom is 0.311 e. The summed E-state index contributed by atoms with van der Waals surface area (Å²) in [5, 5.41) is 2.61. The second-order valence-corrected chi connectivity index (χ2v) is 5.55. The number of amides is 2. The standard InChI is InChI=1S/C19H20N2O5/c1-12(19(24)21-15-9-7-13(8-10-15)18(20)23)26-17(22)11-14-5-3-4-6-16(14)25-2/h3-10,12H,11H2,1-2H3,(H2,20,23)(H,21,24)/t12-/m0/s1. The van der Waals surface area contributed by atoms with Crippen LogP contribution in [-0.2, 0) is 20.7 Å².